The average Bonchev–Trinajstić information content (AvgIpc) is 2.90. The number of benzene rings is 2. The predicted molar refractivity (Wildman–Crippen MR) is 133 cm³/mol. The molecule has 0 spiro atoms. The zero-order valence-corrected chi connectivity index (χ0v) is 21.5. The van der Waals surface area contributed by atoms with Crippen molar-refractivity contribution in [3.8, 4) is 11.5 Å². The van der Waals surface area contributed by atoms with Gasteiger partial charge in [0.1, 0.15) is 11.5 Å². The first-order valence-corrected chi connectivity index (χ1v) is 11.8. The van der Waals surface area contributed by atoms with Crippen LogP contribution in [0.25, 0.3) is 0 Å². The third-order valence-corrected chi connectivity index (χ3v) is 5.65. The maximum atomic E-state index is 13.4. The molecule has 2 aromatic carbocycles. The molecule has 0 atom stereocenters. The van der Waals surface area contributed by atoms with Crippen molar-refractivity contribution in [3.63, 3.8) is 0 Å². The molecule has 0 saturated carbocycles. The van der Waals surface area contributed by atoms with E-state index in [9.17, 15) is 22.8 Å². The quantitative estimate of drug-likeness (QED) is 0.531. The number of aryl methyl sites for hydroxylation is 1. The number of carboxylic acid groups (broad SMARTS) is 1. The van der Waals surface area contributed by atoms with Crippen LogP contribution in [0, 0.1) is 6.92 Å². The van der Waals surface area contributed by atoms with Crippen LogP contribution in [0.2, 0.25) is 0 Å². The Balaban J connectivity index is 0.000000638. The van der Waals surface area contributed by atoms with Gasteiger partial charge in [0, 0.05) is 57.3 Å². The number of carboxylic acids is 1. The normalized spacial score (nSPS) is 13.2. The Kier molecular flexibility index (Phi) is 11.4. The Bertz CT molecular complexity index is 1080. The van der Waals surface area contributed by atoms with E-state index >= 15 is 0 Å². The van der Waals surface area contributed by atoms with Gasteiger partial charge in [0.25, 0.3) is 5.91 Å². The SMILES string of the molecule is COc1cc(OC)cc(C(=O)N(CCC(=O)N2CCNCC2)Cc2cccc(C)c2)c1.O=C(O)C(F)(F)F. The van der Waals surface area contributed by atoms with Crippen LogP contribution in [0.1, 0.15) is 27.9 Å². The van der Waals surface area contributed by atoms with Crippen LogP contribution < -0.4 is 14.8 Å². The van der Waals surface area contributed by atoms with E-state index in [2.05, 4.69) is 11.4 Å². The van der Waals surface area contributed by atoms with Gasteiger partial charge in [-0.15, -0.1) is 0 Å². The number of rotatable bonds is 8. The van der Waals surface area contributed by atoms with Gasteiger partial charge >= 0.3 is 12.1 Å². The number of carbonyl (C=O) groups excluding carboxylic acids is 2. The highest BCUT2D eigenvalue weighted by molar-refractivity contribution is 5.95. The van der Waals surface area contributed by atoms with E-state index in [4.69, 9.17) is 19.4 Å². The van der Waals surface area contributed by atoms with Crippen LogP contribution in [0.5, 0.6) is 11.5 Å². The van der Waals surface area contributed by atoms with Crippen LogP contribution in [0.3, 0.4) is 0 Å². The lowest BCUT2D eigenvalue weighted by Gasteiger charge is -2.29. The molecule has 9 nitrogen and oxygen atoms in total. The Morgan fingerprint density at radius 2 is 1.61 bits per heavy atom. The second-order valence-electron chi connectivity index (χ2n) is 8.50. The van der Waals surface area contributed by atoms with Crippen LogP contribution in [-0.4, -0.2) is 85.8 Å². The van der Waals surface area contributed by atoms with Crippen molar-refractivity contribution in [2.75, 3.05) is 46.9 Å². The first-order chi connectivity index (χ1) is 17.9. The van der Waals surface area contributed by atoms with E-state index in [1.807, 2.05) is 30.0 Å². The van der Waals surface area contributed by atoms with Crippen LogP contribution in [-0.2, 0) is 16.1 Å². The smallest absolute Gasteiger partial charge is 0.490 e. The van der Waals surface area contributed by atoms with E-state index in [1.165, 1.54) is 0 Å². The third-order valence-electron chi connectivity index (χ3n) is 5.65. The molecule has 1 aliphatic heterocycles. The molecule has 0 unspecified atom stereocenters. The van der Waals surface area contributed by atoms with Gasteiger partial charge in [-0.05, 0) is 24.6 Å². The fourth-order valence-electron chi connectivity index (χ4n) is 3.70. The molecule has 0 aliphatic carbocycles. The number of alkyl halides is 3. The van der Waals surface area contributed by atoms with Crippen LogP contribution in [0.15, 0.2) is 42.5 Å². The number of amides is 2. The molecular formula is C26H32F3N3O6. The van der Waals surface area contributed by atoms with E-state index < -0.39 is 12.1 Å². The summed E-state index contributed by atoms with van der Waals surface area (Å²) in [5.41, 5.74) is 2.63. The lowest BCUT2D eigenvalue weighted by Crippen LogP contribution is -2.47. The molecule has 0 bridgehead atoms. The first-order valence-electron chi connectivity index (χ1n) is 11.8. The summed E-state index contributed by atoms with van der Waals surface area (Å²) in [4.78, 5) is 38.6. The fraction of sp³-hybridized carbons (Fsp3) is 0.423. The standard InChI is InChI=1S/C24H31N3O4.C2HF3O2/c1-18-5-4-6-19(13-18)17-27(10-7-23(28)26-11-8-25-9-12-26)24(29)20-14-21(30-2)16-22(15-20)31-3;3-2(4,5)1(6)7/h4-6,13-16,25H,7-12,17H2,1-3H3;(H,6,7). The average molecular weight is 540 g/mol. The summed E-state index contributed by atoms with van der Waals surface area (Å²) in [6.07, 6.45) is -4.79. The number of carbonyl (C=O) groups is 3. The fourth-order valence-corrected chi connectivity index (χ4v) is 3.70. The van der Waals surface area contributed by atoms with Crippen molar-refractivity contribution in [3.05, 3.63) is 59.2 Å². The van der Waals surface area contributed by atoms with E-state index in [0.29, 0.717) is 49.7 Å². The number of halogens is 3. The highest BCUT2D eigenvalue weighted by Crippen LogP contribution is 2.24. The molecule has 12 heteroatoms. The van der Waals surface area contributed by atoms with Gasteiger partial charge in [-0.2, -0.15) is 13.2 Å². The van der Waals surface area contributed by atoms with Crippen molar-refractivity contribution in [1.29, 1.82) is 0 Å². The van der Waals surface area contributed by atoms with Gasteiger partial charge in [-0.1, -0.05) is 29.8 Å². The van der Waals surface area contributed by atoms with Gasteiger partial charge in [0.15, 0.2) is 0 Å². The number of hydrogen-bond donors (Lipinski definition) is 2. The topological polar surface area (TPSA) is 108 Å². The zero-order valence-electron chi connectivity index (χ0n) is 21.5. The van der Waals surface area contributed by atoms with E-state index in [1.54, 1.807) is 37.3 Å². The summed E-state index contributed by atoms with van der Waals surface area (Å²) >= 11 is 0. The summed E-state index contributed by atoms with van der Waals surface area (Å²) in [6, 6.07) is 13.2. The third kappa shape index (κ3) is 9.58. The minimum Gasteiger partial charge on any atom is -0.497 e. The second kappa shape index (κ2) is 14.2. The lowest BCUT2D eigenvalue weighted by atomic mass is 10.1. The number of piperazine rings is 1. The molecule has 2 amide bonds. The van der Waals surface area contributed by atoms with Crippen LogP contribution >= 0.6 is 0 Å². The summed E-state index contributed by atoms with van der Waals surface area (Å²) < 4.78 is 42.4. The highest BCUT2D eigenvalue weighted by atomic mass is 19.4. The number of aliphatic carboxylic acids is 1. The van der Waals surface area contributed by atoms with Crippen molar-refractivity contribution in [1.82, 2.24) is 15.1 Å². The minimum absolute atomic E-state index is 0.0757. The molecule has 38 heavy (non-hydrogen) atoms. The molecule has 208 valence electrons. The first kappa shape index (κ1) is 30.4. The van der Waals surface area contributed by atoms with E-state index in [-0.39, 0.29) is 11.8 Å². The Morgan fingerprint density at radius 3 is 2.11 bits per heavy atom. The molecule has 0 aromatic heterocycles. The Labute approximate surface area is 219 Å². The molecule has 1 saturated heterocycles. The number of methoxy groups -OCH3 is 2. The van der Waals surface area contributed by atoms with Gasteiger partial charge in [-0.25, -0.2) is 4.79 Å². The molecule has 1 aliphatic rings. The summed E-state index contributed by atoms with van der Waals surface area (Å²) in [5.74, 6) is -1.74. The predicted octanol–water partition coefficient (Wildman–Crippen LogP) is 3.11. The van der Waals surface area contributed by atoms with Gasteiger partial charge in [0.05, 0.1) is 14.2 Å². The number of ether oxygens (including phenoxy) is 2. The maximum Gasteiger partial charge on any atom is 0.490 e. The molecule has 0 radical (unpaired) electrons. The Hall–Kier alpha value is -3.80. The minimum atomic E-state index is -5.08. The number of nitrogens with one attached hydrogen (secondary N) is 1. The zero-order chi connectivity index (χ0) is 28.3. The summed E-state index contributed by atoms with van der Waals surface area (Å²) in [6.45, 7) is 5.82. The molecule has 2 aromatic rings. The maximum absolute atomic E-state index is 13.4. The Morgan fingerprint density at radius 1 is 1.03 bits per heavy atom. The summed E-state index contributed by atoms with van der Waals surface area (Å²) in [7, 11) is 3.11. The van der Waals surface area contributed by atoms with E-state index in [0.717, 1.165) is 24.2 Å². The highest BCUT2D eigenvalue weighted by Gasteiger charge is 2.38. The van der Waals surface area contributed by atoms with Gasteiger partial charge in [-0.3, -0.25) is 9.59 Å². The van der Waals surface area contributed by atoms with Gasteiger partial charge < -0.3 is 29.7 Å². The monoisotopic (exact) mass is 539 g/mol. The summed E-state index contributed by atoms with van der Waals surface area (Å²) in [5, 5.41) is 10.4. The number of hydrogen-bond acceptors (Lipinski definition) is 6. The molecular weight excluding hydrogens is 507 g/mol. The lowest BCUT2D eigenvalue weighted by molar-refractivity contribution is -0.192. The van der Waals surface area contributed by atoms with Crippen molar-refractivity contribution >= 4 is 17.8 Å². The molecule has 2 N–H and O–H groups in total. The second-order valence-corrected chi connectivity index (χ2v) is 8.50. The number of nitrogens with zero attached hydrogens (tertiary/aromatic N) is 2. The molecule has 3 rings (SSSR count). The van der Waals surface area contributed by atoms with Crippen molar-refractivity contribution in [2.45, 2.75) is 26.1 Å². The van der Waals surface area contributed by atoms with Crippen molar-refractivity contribution in [2.24, 2.45) is 0 Å². The van der Waals surface area contributed by atoms with Gasteiger partial charge in [0.2, 0.25) is 5.91 Å². The largest absolute Gasteiger partial charge is 0.497 e. The molecule has 1 heterocycles. The van der Waals surface area contributed by atoms with Crippen LogP contribution in [0.4, 0.5) is 13.2 Å². The molecule has 1 fully saturated rings. The van der Waals surface area contributed by atoms with Crippen molar-refractivity contribution < 1.29 is 42.1 Å².